The van der Waals surface area contributed by atoms with Gasteiger partial charge in [-0.1, -0.05) is 18.2 Å². The van der Waals surface area contributed by atoms with Crippen LogP contribution in [0.5, 0.6) is 5.75 Å². The highest BCUT2D eigenvalue weighted by molar-refractivity contribution is 7.98. The molecule has 1 fully saturated rings. The average Bonchev–Trinajstić information content (AvgIpc) is 2.63. The Hall–Kier alpha value is -1.73. The van der Waals surface area contributed by atoms with Gasteiger partial charge in [0.2, 0.25) is 5.91 Å². The first-order valence-corrected chi connectivity index (χ1v) is 10.3. The number of amides is 2. The molecule has 1 aromatic carbocycles. The van der Waals surface area contributed by atoms with Gasteiger partial charge in [0.05, 0.1) is 12.2 Å². The van der Waals surface area contributed by atoms with Crippen LogP contribution in [-0.4, -0.2) is 66.7 Å². The number of ether oxygens (including phenoxy) is 2. The number of carbonyl (C=O) groups excluding carboxylic acids is 2. The largest absolute Gasteiger partial charge is 0.484 e. The van der Waals surface area contributed by atoms with E-state index in [4.69, 9.17) is 9.47 Å². The monoisotopic (exact) mass is 380 g/mol. The van der Waals surface area contributed by atoms with Crippen LogP contribution in [-0.2, 0) is 14.3 Å². The van der Waals surface area contributed by atoms with Crippen molar-refractivity contribution in [1.82, 2.24) is 10.2 Å². The molecule has 6 nitrogen and oxygen atoms in total. The van der Waals surface area contributed by atoms with E-state index in [2.05, 4.69) is 5.32 Å². The van der Waals surface area contributed by atoms with Crippen molar-refractivity contribution in [3.8, 4) is 5.75 Å². The molecule has 3 atom stereocenters. The van der Waals surface area contributed by atoms with Crippen LogP contribution >= 0.6 is 11.8 Å². The summed E-state index contributed by atoms with van der Waals surface area (Å²) in [5.41, 5.74) is 0. The van der Waals surface area contributed by atoms with E-state index in [1.54, 1.807) is 28.8 Å². The SMILES string of the molecule is CSCC[C@H](NC(=O)COc1ccccc1)C(=O)N1C[C@H](C)O[C@@H](C)C1. The van der Waals surface area contributed by atoms with Crippen molar-refractivity contribution in [1.29, 1.82) is 0 Å². The summed E-state index contributed by atoms with van der Waals surface area (Å²) < 4.78 is 11.2. The highest BCUT2D eigenvalue weighted by Gasteiger charge is 2.31. The van der Waals surface area contributed by atoms with E-state index in [9.17, 15) is 9.59 Å². The molecule has 1 heterocycles. The minimum Gasteiger partial charge on any atom is -0.484 e. The van der Waals surface area contributed by atoms with Gasteiger partial charge in [-0.15, -0.1) is 0 Å². The van der Waals surface area contributed by atoms with E-state index < -0.39 is 6.04 Å². The Morgan fingerprint density at radius 2 is 1.92 bits per heavy atom. The van der Waals surface area contributed by atoms with Crippen LogP contribution in [0.1, 0.15) is 20.3 Å². The van der Waals surface area contributed by atoms with Crippen LogP contribution in [0.15, 0.2) is 30.3 Å². The number of nitrogens with zero attached hydrogens (tertiary/aromatic N) is 1. The summed E-state index contributed by atoms with van der Waals surface area (Å²) in [5, 5.41) is 2.84. The topological polar surface area (TPSA) is 67.9 Å². The minimum atomic E-state index is -0.535. The Labute approximate surface area is 159 Å². The molecular formula is C19H28N2O4S. The highest BCUT2D eigenvalue weighted by atomic mass is 32.2. The standard InChI is InChI=1S/C19H28N2O4S/c1-14-11-21(12-15(2)25-14)19(23)17(9-10-26-3)20-18(22)13-24-16-7-5-4-6-8-16/h4-8,14-15,17H,9-13H2,1-3H3,(H,20,22)/t14-,15-,17-/m0/s1. The van der Waals surface area contributed by atoms with Crippen molar-refractivity contribution in [2.24, 2.45) is 0 Å². The van der Waals surface area contributed by atoms with Crippen LogP contribution in [0.3, 0.4) is 0 Å². The number of hydrogen-bond donors (Lipinski definition) is 1. The van der Waals surface area contributed by atoms with Gasteiger partial charge in [0.1, 0.15) is 11.8 Å². The second-order valence-electron chi connectivity index (χ2n) is 6.50. The van der Waals surface area contributed by atoms with Gasteiger partial charge in [-0.2, -0.15) is 11.8 Å². The lowest BCUT2D eigenvalue weighted by Gasteiger charge is -2.37. The summed E-state index contributed by atoms with van der Waals surface area (Å²) in [6.07, 6.45) is 2.58. The summed E-state index contributed by atoms with van der Waals surface area (Å²) in [5.74, 6) is 1.09. The predicted molar refractivity (Wildman–Crippen MR) is 103 cm³/mol. The molecule has 26 heavy (non-hydrogen) atoms. The van der Waals surface area contributed by atoms with E-state index in [1.165, 1.54) is 0 Å². The first-order valence-electron chi connectivity index (χ1n) is 8.90. The van der Waals surface area contributed by atoms with Crippen molar-refractivity contribution in [3.63, 3.8) is 0 Å². The first kappa shape index (κ1) is 20.6. The third-order valence-electron chi connectivity index (χ3n) is 4.09. The van der Waals surface area contributed by atoms with Gasteiger partial charge in [-0.25, -0.2) is 0 Å². The second-order valence-corrected chi connectivity index (χ2v) is 7.49. The zero-order valence-corrected chi connectivity index (χ0v) is 16.5. The van der Waals surface area contributed by atoms with Gasteiger partial charge in [0, 0.05) is 13.1 Å². The molecule has 1 aliphatic rings. The smallest absolute Gasteiger partial charge is 0.258 e. The Bertz CT molecular complexity index is 574. The maximum Gasteiger partial charge on any atom is 0.258 e. The molecule has 2 rings (SSSR count). The molecule has 0 saturated carbocycles. The molecule has 0 bridgehead atoms. The molecule has 0 aromatic heterocycles. The lowest BCUT2D eigenvalue weighted by molar-refractivity contribution is -0.147. The molecule has 7 heteroatoms. The molecule has 1 aliphatic heterocycles. The van der Waals surface area contributed by atoms with E-state index in [0.29, 0.717) is 25.3 Å². The molecule has 2 amide bonds. The van der Waals surface area contributed by atoms with Crippen LogP contribution in [0, 0.1) is 0 Å². The lowest BCUT2D eigenvalue weighted by Crippen LogP contribution is -2.55. The van der Waals surface area contributed by atoms with Crippen molar-refractivity contribution >= 4 is 23.6 Å². The maximum absolute atomic E-state index is 12.9. The Balaban J connectivity index is 1.92. The predicted octanol–water partition coefficient (Wildman–Crippen LogP) is 1.94. The minimum absolute atomic E-state index is 0.000940. The van der Waals surface area contributed by atoms with Crippen molar-refractivity contribution < 1.29 is 19.1 Å². The van der Waals surface area contributed by atoms with Gasteiger partial charge in [0.15, 0.2) is 6.61 Å². The van der Waals surface area contributed by atoms with E-state index in [-0.39, 0.29) is 30.6 Å². The quantitative estimate of drug-likeness (QED) is 0.747. The molecule has 1 saturated heterocycles. The van der Waals surface area contributed by atoms with Crippen molar-refractivity contribution in [2.45, 2.75) is 38.5 Å². The van der Waals surface area contributed by atoms with Crippen molar-refractivity contribution in [3.05, 3.63) is 30.3 Å². The van der Waals surface area contributed by atoms with Gasteiger partial charge in [-0.3, -0.25) is 9.59 Å². The molecule has 0 aliphatic carbocycles. The fourth-order valence-electron chi connectivity index (χ4n) is 2.97. The Morgan fingerprint density at radius 3 is 2.54 bits per heavy atom. The summed E-state index contributed by atoms with van der Waals surface area (Å²) in [6, 6.07) is 8.62. The van der Waals surface area contributed by atoms with E-state index >= 15 is 0 Å². The number of benzene rings is 1. The number of para-hydroxylation sites is 1. The zero-order chi connectivity index (χ0) is 18.9. The van der Waals surface area contributed by atoms with Gasteiger partial charge >= 0.3 is 0 Å². The summed E-state index contributed by atoms with van der Waals surface area (Å²) in [4.78, 5) is 27.0. The number of rotatable bonds is 8. The van der Waals surface area contributed by atoms with Crippen LogP contribution in [0.4, 0.5) is 0 Å². The highest BCUT2D eigenvalue weighted by Crippen LogP contribution is 2.14. The van der Waals surface area contributed by atoms with Crippen LogP contribution in [0.25, 0.3) is 0 Å². The first-order chi connectivity index (χ1) is 12.5. The number of thioether (sulfide) groups is 1. The number of nitrogens with one attached hydrogen (secondary N) is 1. The Kier molecular flexibility index (Phi) is 8.25. The normalized spacial score (nSPS) is 21.1. The summed E-state index contributed by atoms with van der Waals surface area (Å²) in [6.45, 7) is 4.91. The molecular weight excluding hydrogens is 352 g/mol. The third kappa shape index (κ3) is 6.53. The zero-order valence-electron chi connectivity index (χ0n) is 15.6. The fraction of sp³-hybridized carbons (Fsp3) is 0.579. The molecule has 0 spiro atoms. The number of hydrogen-bond acceptors (Lipinski definition) is 5. The molecule has 1 aromatic rings. The molecule has 1 N–H and O–H groups in total. The second kappa shape index (κ2) is 10.4. The summed E-state index contributed by atoms with van der Waals surface area (Å²) in [7, 11) is 0. The maximum atomic E-state index is 12.9. The van der Waals surface area contributed by atoms with E-state index in [1.807, 2.05) is 38.3 Å². The summed E-state index contributed by atoms with van der Waals surface area (Å²) >= 11 is 1.65. The van der Waals surface area contributed by atoms with Crippen LogP contribution in [0.2, 0.25) is 0 Å². The third-order valence-corrected chi connectivity index (χ3v) is 4.73. The van der Waals surface area contributed by atoms with Gasteiger partial charge in [-0.05, 0) is 44.4 Å². The number of carbonyl (C=O) groups is 2. The fourth-order valence-corrected chi connectivity index (χ4v) is 3.44. The van der Waals surface area contributed by atoms with Crippen molar-refractivity contribution in [2.75, 3.05) is 31.7 Å². The number of morpholine rings is 1. The van der Waals surface area contributed by atoms with Crippen LogP contribution < -0.4 is 10.1 Å². The molecule has 0 unspecified atom stereocenters. The molecule has 144 valence electrons. The average molecular weight is 381 g/mol. The lowest BCUT2D eigenvalue weighted by atomic mass is 10.1. The Morgan fingerprint density at radius 1 is 1.27 bits per heavy atom. The molecule has 0 radical (unpaired) electrons. The van der Waals surface area contributed by atoms with Gasteiger partial charge < -0.3 is 19.7 Å². The van der Waals surface area contributed by atoms with E-state index in [0.717, 1.165) is 5.75 Å². The van der Waals surface area contributed by atoms with Gasteiger partial charge in [0.25, 0.3) is 5.91 Å².